The summed E-state index contributed by atoms with van der Waals surface area (Å²) in [4.78, 5) is 33.0. The standard InChI is InChI=1S/C29H25IN2O4S/c1-19(17-30)25(29(34)36-26(20-11-5-2-6-12-20)21-13-7-3-8-14-21)32-27(33)24-28(32)37-23(31-24)18-35-22-15-9-4-10-16-22/h2-16,24-26,28H,1,17-18H2. The van der Waals surface area contributed by atoms with Crippen LogP contribution < -0.4 is 4.74 Å². The SMILES string of the molecule is C=C(CI)C(C(=O)OC(c1ccccc1)c1ccccc1)N1C(=O)C2N=C(COc3ccccc3)SC21. The summed E-state index contributed by atoms with van der Waals surface area (Å²) in [6, 6.07) is 27.3. The number of rotatable bonds is 10. The second-order valence-corrected chi connectivity index (χ2v) is 10.6. The monoisotopic (exact) mass is 624 g/mol. The highest BCUT2D eigenvalue weighted by molar-refractivity contribution is 14.1. The minimum atomic E-state index is -0.891. The maximum absolute atomic E-state index is 13.7. The van der Waals surface area contributed by atoms with Crippen molar-refractivity contribution in [3.05, 3.63) is 114 Å². The van der Waals surface area contributed by atoms with Crippen LogP contribution in [-0.4, -0.2) is 50.3 Å². The molecule has 6 nitrogen and oxygen atoms in total. The molecule has 0 radical (unpaired) electrons. The van der Waals surface area contributed by atoms with E-state index in [0.29, 0.717) is 10.0 Å². The highest BCUT2D eigenvalue weighted by Gasteiger charge is 2.57. The summed E-state index contributed by atoms with van der Waals surface area (Å²) in [5, 5.41) is 0.444. The van der Waals surface area contributed by atoms with Crippen LogP contribution >= 0.6 is 34.4 Å². The van der Waals surface area contributed by atoms with E-state index >= 15 is 0 Å². The first-order valence-electron chi connectivity index (χ1n) is 11.8. The number of carbonyl (C=O) groups excluding carboxylic acids is 2. The predicted octanol–water partition coefficient (Wildman–Crippen LogP) is 5.44. The van der Waals surface area contributed by atoms with Gasteiger partial charge >= 0.3 is 5.97 Å². The number of carbonyl (C=O) groups is 2. The van der Waals surface area contributed by atoms with E-state index in [4.69, 9.17) is 9.47 Å². The number of aliphatic imine (C=N–C) groups is 1. The van der Waals surface area contributed by atoms with Crippen LogP contribution in [0.25, 0.3) is 0 Å². The third-order valence-corrected chi connectivity index (χ3v) is 8.40. The molecule has 0 saturated carbocycles. The van der Waals surface area contributed by atoms with E-state index in [0.717, 1.165) is 21.9 Å². The molecule has 0 N–H and O–H groups in total. The lowest BCUT2D eigenvalue weighted by molar-refractivity contribution is -0.163. The molecule has 2 aliphatic rings. The topological polar surface area (TPSA) is 68.2 Å². The van der Waals surface area contributed by atoms with Crippen molar-refractivity contribution in [1.82, 2.24) is 4.90 Å². The number of thioether (sulfide) groups is 1. The van der Waals surface area contributed by atoms with Gasteiger partial charge in [-0.15, -0.1) is 0 Å². The van der Waals surface area contributed by atoms with Crippen molar-refractivity contribution < 1.29 is 19.1 Å². The van der Waals surface area contributed by atoms with Crippen LogP contribution in [0.4, 0.5) is 0 Å². The van der Waals surface area contributed by atoms with Gasteiger partial charge in [-0.3, -0.25) is 9.79 Å². The lowest BCUT2D eigenvalue weighted by Gasteiger charge is -2.45. The van der Waals surface area contributed by atoms with Gasteiger partial charge in [-0.25, -0.2) is 4.79 Å². The molecule has 8 heteroatoms. The van der Waals surface area contributed by atoms with Crippen molar-refractivity contribution in [2.45, 2.75) is 23.6 Å². The van der Waals surface area contributed by atoms with Gasteiger partial charge in [0.1, 0.15) is 22.8 Å². The molecule has 1 amide bonds. The van der Waals surface area contributed by atoms with Gasteiger partial charge in [0.25, 0.3) is 5.91 Å². The second kappa shape index (κ2) is 11.5. The quantitative estimate of drug-likeness (QED) is 0.0989. The van der Waals surface area contributed by atoms with Crippen LogP contribution in [0.5, 0.6) is 5.75 Å². The van der Waals surface area contributed by atoms with Gasteiger partial charge in [-0.1, -0.05) is 120 Å². The average Bonchev–Trinajstić information content (AvgIpc) is 3.33. The summed E-state index contributed by atoms with van der Waals surface area (Å²) >= 11 is 3.62. The fourth-order valence-corrected chi connectivity index (χ4v) is 6.00. The smallest absolute Gasteiger partial charge is 0.334 e. The predicted molar refractivity (Wildman–Crippen MR) is 154 cm³/mol. The zero-order chi connectivity index (χ0) is 25.8. The Morgan fingerprint density at radius 2 is 1.54 bits per heavy atom. The average molecular weight is 625 g/mol. The maximum Gasteiger partial charge on any atom is 0.334 e. The minimum Gasteiger partial charge on any atom is -0.487 e. The second-order valence-electron chi connectivity index (χ2n) is 8.66. The van der Waals surface area contributed by atoms with Gasteiger partial charge in [-0.05, 0) is 28.8 Å². The molecule has 0 aliphatic carbocycles. The van der Waals surface area contributed by atoms with E-state index < -0.39 is 24.2 Å². The molecule has 0 spiro atoms. The molecule has 37 heavy (non-hydrogen) atoms. The van der Waals surface area contributed by atoms with Crippen molar-refractivity contribution in [1.29, 1.82) is 0 Å². The number of hydrogen-bond acceptors (Lipinski definition) is 6. The van der Waals surface area contributed by atoms with Gasteiger partial charge in [0.05, 0.1) is 0 Å². The first-order chi connectivity index (χ1) is 18.1. The summed E-state index contributed by atoms with van der Waals surface area (Å²) in [5.41, 5.74) is 2.33. The van der Waals surface area contributed by atoms with E-state index in [-0.39, 0.29) is 17.9 Å². The zero-order valence-electron chi connectivity index (χ0n) is 19.9. The molecular formula is C29H25IN2O4S. The van der Waals surface area contributed by atoms with E-state index in [9.17, 15) is 9.59 Å². The van der Waals surface area contributed by atoms with Gasteiger partial charge in [0.15, 0.2) is 18.2 Å². The van der Waals surface area contributed by atoms with Crippen molar-refractivity contribution in [3.63, 3.8) is 0 Å². The summed E-state index contributed by atoms with van der Waals surface area (Å²) in [6.07, 6.45) is -0.603. The Hall–Kier alpha value is -3.11. The Morgan fingerprint density at radius 3 is 2.11 bits per heavy atom. The van der Waals surface area contributed by atoms with Crippen LogP contribution in [0, 0.1) is 0 Å². The normalized spacial score (nSPS) is 19.0. The lowest BCUT2D eigenvalue weighted by Crippen LogP contribution is -2.66. The van der Waals surface area contributed by atoms with Crippen LogP contribution in [-0.2, 0) is 14.3 Å². The molecule has 3 atom stereocenters. The number of halogens is 1. The third kappa shape index (κ3) is 5.45. The molecule has 3 aromatic carbocycles. The molecule has 0 aromatic heterocycles. The molecule has 188 valence electrons. The summed E-state index contributed by atoms with van der Waals surface area (Å²) in [7, 11) is 0. The summed E-state index contributed by atoms with van der Waals surface area (Å²) in [5.74, 6) is 0.0396. The zero-order valence-corrected chi connectivity index (χ0v) is 22.9. The van der Waals surface area contributed by atoms with E-state index in [1.165, 1.54) is 11.8 Å². The first-order valence-corrected chi connectivity index (χ1v) is 14.2. The fourth-order valence-electron chi connectivity index (χ4n) is 4.36. The number of ether oxygens (including phenoxy) is 2. The Morgan fingerprint density at radius 1 is 0.973 bits per heavy atom. The van der Waals surface area contributed by atoms with Gasteiger partial charge in [0.2, 0.25) is 0 Å². The number of alkyl halides is 1. The number of fused-ring (bicyclic) bond motifs is 1. The van der Waals surface area contributed by atoms with Gasteiger partial charge in [-0.2, -0.15) is 0 Å². The fraction of sp³-hybridized carbons (Fsp3) is 0.207. The summed E-state index contributed by atoms with van der Waals surface area (Å²) in [6.45, 7) is 4.39. The number of nitrogens with zero attached hydrogens (tertiary/aromatic N) is 2. The van der Waals surface area contributed by atoms with Crippen LogP contribution in [0.15, 0.2) is 108 Å². The highest BCUT2D eigenvalue weighted by atomic mass is 127. The molecular weight excluding hydrogens is 599 g/mol. The Labute approximate surface area is 233 Å². The number of benzene rings is 3. The van der Waals surface area contributed by atoms with Crippen LogP contribution in [0.2, 0.25) is 0 Å². The summed E-state index contributed by atoms with van der Waals surface area (Å²) < 4.78 is 12.5. The molecule has 2 aliphatic heterocycles. The van der Waals surface area contributed by atoms with Crippen LogP contribution in [0.3, 0.4) is 0 Å². The molecule has 3 aromatic rings. The molecule has 2 heterocycles. The van der Waals surface area contributed by atoms with E-state index in [1.807, 2.05) is 91.0 Å². The van der Waals surface area contributed by atoms with Gasteiger partial charge < -0.3 is 14.4 Å². The van der Waals surface area contributed by atoms with E-state index in [1.54, 1.807) is 4.90 Å². The largest absolute Gasteiger partial charge is 0.487 e. The van der Waals surface area contributed by atoms with Crippen molar-refractivity contribution in [2.75, 3.05) is 11.0 Å². The number of hydrogen-bond donors (Lipinski definition) is 0. The highest BCUT2D eigenvalue weighted by Crippen LogP contribution is 2.42. The Kier molecular flexibility index (Phi) is 7.95. The number of esters is 1. The van der Waals surface area contributed by atoms with E-state index in [2.05, 4.69) is 34.2 Å². The number of para-hydroxylation sites is 1. The molecule has 5 rings (SSSR count). The molecule has 1 fully saturated rings. The third-order valence-electron chi connectivity index (χ3n) is 6.20. The number of β-lactam (4-membered cyclic amide) rings is 1. The molecule has 3 unspecified atom stereocenters. The van der Waals surface area contributed by atoms with Crippen LogP contribution in [0.1, 0.15) is 17.2 Å². The minimum absolute atomic E-state index is 0.198. The number of amides is 1. The molecule has 1 saturated heterocycles. The van der Waals surface area contributed by atoms with Crippen molar-refractivity contribution in [3.8, 4) is 5.75 Å². The van der Waals surface area contributed by atoms with Crippen molar-refractivity contribution >= 4 is 51.3 Å². The molecule has 0 bridgehead atoms. The Balaban J connectivity index is 1.33. The Bertz CT molecular complexity index is 1260. The lowest BCUT2D eigenvalue weighted by atomic mass is 9.98. The van der Waals surface area contributed by atoms with Gasteiger partial charge in [0, 0.05) is 4.43 Å². The maximum atomic E-state index is 13.7. The van der Waals surface area contributed by atoms with Crippen molar-refractivity contribution in [2.24, 2.45) is 4.99 Å². The first kappa shape index (κ1) is 25.5. The number of likely N-dealkylation sites (tertiary alicyclic amines) is 1.